The molecule has 260 valence electrons. The average Bonchev–Trinajstić information content (AvgIpc) is 3.48. The summed E-state index contributed by atoms with van der Waals surface area (Å²) < 4.78 is 27.8. The van der Waals surface area contributed by atoms with Crippen LogP contribution in [0.1, 0.15) is 80.6 Å². The minimum absolute atomic E-state index is 0.0118. The lowest BCUT2D eigenvalue weighted by Gasteiger charge is -2.27. The number of benzene rings is 3. The number of carbonyl (C=O) groups is 3. The van der Waals surface area contributed by atoms with Crippen molar-refractivity contribution < 1.29 is 28.2 Å². The smallest absolute Gasteiger partial charge is 0.440 e. The Bertz CT molecular complexity index is 1870. The van der Waals surface area contributed by atoms with E-state index in [1.807, 2.05) is 30.3 Å². The normalized spacial score (nSPS) is 15.5. The number of hydrogen-bond acceptors (Lipinski definition) is 7. The summed E-state index contributed by atoms with van der Waals surface area (Å²) in [5, 5.41) is 15.0. The van der Waals surface area contributed by atoms with Gasteiger partial charge in [0.15, 0.2) is 5.69 Å². The van der Waals surface area contributed by atoms with E-state index in [9.17, 15) is 14.4 Å². The van der Waals surface area contributed by atoms with Crippen molar-refractivity contribution >= 4 is 65.1 Å². The number of fused-ring (bicyclic) bond motifs is 1. The first kappa shape index (κ1) is 36.4. The van der Waals surface area contributed by atoms with E-state index in [0.717, 1.165) is 47.3 Å². The van der Waals surface area contributed by atoms with Gasteiger partial charge in [-0.2, -0.15) is 9.55 Å². The third kappa shape index (κ3) is 8.83. The summed E-state index contributed by atoms with van der Waals surface area (Å²) in [5.41, 5.74) is -0.288. The third-order valence-corrected chi connectivity index (χ3v) is 10.5. The molecule has 1 heterocycles. The van der Waals surface area contributed by atoms with Gasteiger partial charge in [-0.3, -0.25) is 14.4 Å². The molecule has 3 N–H and O–H groups in total. The fourth-order valence-electron chi connectivity index (χ4n) is 5.61. The van der Waals surface area contributed by atoms with Gasteiger partial charge < -0.3 is 19.9 Å². The molecule has 4 aromatic rings. The van der Waals surface area contributed by atoms with Crippen LogP contribution < -0.4 is 20.2 Å². The molecule has 0 spiro atoms. The minimum atomic E-state index is -4.43. The van der Waals surface area contributed by atoms with Crippen molar-refractivity contribution in [3.8, 4) is 5.75 Å². The Balaban J connectivity index is 1.60. The topological polar surface area (TPSA) is 141 Å². The highest BCUT2D eigenvalue weighted by Gasteiger charge is 2.39. The highest BCUT2D eigenvalue weighted by atomic mass is 35.5. The Morgan fingerprint density at radius 2 is 1.57 bits per heavy atom. The maximum Gasteiger partial charge on any atom is 0.440 e. The van der Waals surface area contributed by atoms with Gasteiger partial charge in [-0.05, 0) is 67.6 Å². The van der Waals surface area contributed by atoms with E-state index < -0.39 is 43.5 Å². The molecule has 0 saturated heterocycles. The first-order valence-corrected chi connectivity index (χ1v) is 18.6. The van der Waals surface area contributed by atoms with Gasteiger partial charge in [-0.25, -0.2) is 9.65 Å². The van der Waals surface area contributed by atoms with Gasteiger partial charge in [0.2, 0.25) is 0 Å². The van der Waals surface area contributed by atoms with Crippen molar-refractivity contribution in [2.45, 2.75) is 78.0 Å². The molecule has 1 aromatic heterocycles. The molecule has 11 nitrogen and oxygen atoms in total. The Kier molecular flexibility index (Phi) is 11.7. The van der Waals surface area contributed by atoms with E-state index in [0.29, 0.717) is 0 Å². The first-order chi connectivity index (χ1) is 23.3. The molecule has 1 aliphatic rings. The predicted octanol–water partition coefficient (Wildman–Crippen LogP) is 8.26. The van der Waals surface area contributed by atoms with Gasteiger partial charge >= 0.3 is 13.6 Å². The summed E-state index contributed by atoms with van der Waals surface area (Å²) in [5.74, 6) is -2.11. The summed E-state index contributed by atoms with van der Waals surface area (Å²) in [6.45, 7) is 6.96. The monoisotopic (exact) mass is 727 g/mol. The lowest BCUT2D eigenvalue weighted by molar-refractivity contribution is -0.150. The van der Waals surface area contributed by atoms with Crippen LogP contribution in [0.3, 0.4) is 0 Å². The van der Waals surface area contributed by atoms with E-state index in [4.69, 9.17) is 32.5 Å². The summed E-state index contributed by atoms with van der Waals surface area (Å²) in [6, 6.07) is 16.2. The molecule has 49 heavy (non-hydrogen) atoms. The number of ether oxygens (including phenoxy) is 1. The number of esters is 1. The van der Waals surface area contributed by atoms with Gasteiger partial charge in [0.25, 0.3) is 11.8 Å². The zero-order valence-electron chi connectivity index (χ0n) is 27.7. The first-order valence-electron chi connectivity index (χ1n) is 16.3. The molecule has 0 aliphatic heterocycles. The minimum Gasteiger partial charge on any atom is -0.462 e. The SMILES string of the molecule is CC(C)OC(=O)[C@@H](NP(=O)(Oc1ccc2ccccc2c1)n1cc(NC(=O)c2c(Cl)cccc2Cl)c(C(=O)NC2CCCCC2)n1)C(C)C. The lowest BCUT2D eigenvalue weighted by Crippen LogP contribution is -2.43. The number of amides is 2. The number of nitrogens with one attached hydrogen (secondary N) is 3. The number of anilines is 1. The van der Waals surface area contributed by atoms with Crippen LogP contribution in [-0.2, 0) is 14.1 Å². The van der Waals surface area contributed by atoms with Crippen LogP contribution in [0.5, 0.6) is 5.75 Å². The average molecular weight is 729 g/mol. The van der Waals surface area contributed by atoms with Crippen molar-refractivity contribution in [3.05, 3.63) is 88.2 Å². The quantitative estimate of drug-likeness (QED) is 0.0979. The van der Waals surface area contributed by atoms with Crippen LogP contribution in [0.25, 0.3) is 10.8 Å². The van der Waals surface area contributed by atoms with Crippen molar-refractivity contribution in [2.75, 3.05) is 5.32 Å². The van der Waals surface area contributed by atoms with Crippen LogP contribution in [0.2, 0.25) is 10.0 Å². The molecular formula is C35H40Cl2N5O6P. The zero-order chi connectivity index (χ0) is 35.3. The molecule has 1 aliphatic carbocycles. The Labute approximate surface area is 295 Å². The molecular weight excluding hydrogens is 688 g/mol. The lowest BCUT2D eigenvalue weighted by atomic mass is 9.95. The fraction of sp³-hybridized carbons (Fsp3) is 0.371. The van der Waals surface area contributed by atoms with Crippen LogP contribution >= 0.6 is 30.9 Å². The Hall–Kier alpha value is -3.89. The summed E-state index contributed by atoms with van der Waals surface area (Å²) in [6.07, 6.45) is 5.40. The molecule has 2 atom stereocenters. The second kappa shape index (κ2) is 15.8. The highest BCUT2D eigenvalue weighted by Crippen LogP contribution is 2.47. The molecule has 5 rings (SSSR count). The fourth-order valence-corrected chi connectivity index (χ4v) is 8.06. The molecule has 1 saturated carbocycles. The van der Waals surface area contributed by atoms with Crippen LogP contribution in [0, 0.1) is 5.92 Å². The predicted molar refractivity (Wildman–Crippen MR) is 192 cm³/mol. The highest BCUT2D eigenvalue weighted by molar-refractivity contribution is 7.55. The zero-order valence-corrected chi connectivity index (χ0v) is 30.1. The number of carbonyl (C=O) groups excluding carboxylic acids is 3. The molecule has 1 fully saturated rings. The van der Waals surface area contributed by atoms with Gasteiger partial charge in [-0.15, -0.1) is 0 Å². The standard InChI is InChI=1S/C35H40Cl2N5O6P/c1-21(2)31(35(45)47-22(3)4)41-49(46,48-26-18-17-23-11-8-9-12-24(23)19-26)42-20-29(39-33(43)30-27(36)15-10-16-28(30)37)32(40-42)34(44)38-25-13-6-5-7-14-25/h8-12,15-22,25,31H,5-7,13-14H2,1-4H3,(H,38,44)(H,39,43)(H,41,46)/t31-,49?/m0/s1. The maximum atomic E-state index is 15.1. The van der Waals surface area contributed by atoms with Gasteiger partial charge in [-0.1, -0.05) is 92.7 Å². The van der Waals surface area contributed by atoms with Crippen molar-refractivity contribution in [1.82, 2.24) is 20.0 Å². The molecule has 0 bridgehead atoms. The van der Waals surface area contributed by atoms with Crippen molar-refractivity contribution in [1.29, 1.82) is 0 Å². The molecule has 0 radical (unpaired) electrons. The Morgan fingerprint density at radius 3 is 2.22 bits per heavy atom. The van der Waals surface area contributed by atoms with Crippen molar-refractivity contribution in [2.24, 2.45) is 5.92 Å². The second-order valence-corrected chi connectivity index (χ2v) is 15.3. The summed E-state index contributed by atoms with van der Waals surface area (Å²) >= 11 is 12.6. The number of nitrogens with zero attached hydrogens (tertiary/aromatic N) is 2. The summed E-state index contributed by atoms with van der Waals surface area (Å²) in [7, 11) is -4.43. The number of hydrogen-bond donors (Lipinski definition) is 3. The number of halogens is 2. The van der Waals surface area contributed by atoms with Gasteiger partial charge in [0.1, 0.15) is 11.8 Å². The van der Waals surface area contributed by atoms with E-state index in [1.165, 1.54) is 18.3 Å². The third-order valence-electron chi connectivity index (χ3n) is 8.09. The van der Waals surface area contributed by atoms with E-state index in [2.05, 4.69) is 20.8 Å². The van der Waals surface area contributed by atoms with Crippen LogP contribution in [-0.4, -0.2) is 45.5 Å². The van der Waals surface area contributed by atoms with Crippen molar-refractivity contribution in [3.63, 3.8) is 0 Å². The molecule has 14 heteroatoms. The van der Waals surface area contributed by atoms with E-state index in [-0.39, 0.29) is 38.8 Å². The van der Waals surface area contributed by atoms with Gasteiger partial charge in [0, 0.05) is 6.04 Å². The van der Waals surface area contributed by atoms with E-state index >= 15 is 4.57 Å². The van der Waals surface area contributed by atoms with Crippen LogP contribution in [0.15, 0.2) is 66.9 Å². The molecule has 1 unspecified atom stereocenters. The largest absolute Gasteiger partial charge is 0.462 e. The van der Waals surface area contributed by atoms with Gasteiger partial charge in [0.05, 0.1) is 33.6 Å². The van der Waals surface area contributed by atoms with E-state index in [1.54, 1.807) is 45.9 Å². The van der Waals surface area contributed by atoms with Crippen LogP contribution in [0.4, 0.5) is 5.69 Å². The second-order valence-electron chi connectivity index (χ2n) is 12.6. The summed E-state index contributed by atoms with van der Waals surface area (Å²) in [4.78, 5) is 40.6. The number of aromatic nitrogens is 2. The maximum absolute atomic E-state index is 15.1. The number of rotatable bonds is 12. The molecule has 3 aromatic carbocycles. The Morgan fingerprint density at radius 1 is 0.898 bits per heavy atom. The molecule has 2 amide bonds.